The first-order valence-corrected chi connectivity index (χ1v) is 9.38. The number of benzene rings is 2. The van der Waals surface area contributed by atoms with E-state index in [1.807, 2.05) is 0 Å². The van der Waals surface area contributed by atoms with Crippen molar-refractivity contribution in [2.45, 2.75) is 26.4 Å². The molecule has 3 nitrogen and oxygen atoms in total. The van der Waals surface area contributed by atoms with Gasteiger partial charge in [0.15, 0.2) is 0 Å². The molecule has 2 aromatic carbocycles. The number of nitrogens with zero attached hydrogens (tertiary/aromatic N) is 2. The molecule has 3 rings (SSSR count). The Labute approximate surface area is 152 Å². The van der Waals surface area contributed by atoms with E-state index in [9.17, 15) is 0 Å². The maximum Gasteiger partial charge on any atom is 0.119 e. The average molecular weight is 338 g/mol. The zero-order valence-electron chi connectivity index (χ0n) is 15.6. The fourth-order valence-electron chi connectivity index (χ4n) is 3.26. The summed E-state index contributed by atoms with van der Waals surface area (Å²) in [5, 5.41) is 0. The summed E-state index contributed by atoms with van der Waals surface area (Å²) in [4.78, 5) is 4.99. The van der Waals surface area contributed by atoms with Gasteiger partial charge in [-0.15, -0.1) is 0 Å². The van der Waals surface area contributed by atoms with E-state index in [1.165, 1.54) is 55.8 Å². The molecule has 1 aliphatic heterocycles. The summed E-state index contributed by atoms with van der Waals surface area (Å²) < 4.78 is 5.92. The number of rotatable bonds is 7. The summed E-state index contributed by atoms with van der Waals surface area (Å²) in [6.45, 7) is 8.79. The van der Waals surface area contributed by atoms with Gasteiger partial charge in [0.25, 0.3) is 0 Å². The lowest BCUT2D eigenvalue weighted by Crippen LogP contribution is -2.44. The van der Waals surface area contributed by atoms with Crippen molar-refractivity contribution in [3.05, 3.63) is 65.2 Å². The molecular weight excluding hydrogens is 308 g/mol. The molecule has 0 bridgehead atoms. The van der Waals surface area contributed by atoms with Crippen LogP contribution in [0.4, 0.5) is 0 Å². The van der Waals surface area contributed by atoms with Crippen LogP contribution >= 0.6 is 0 Å². The molecule has 1 heterocycles. The first-order chi connectivity index (χ1) is 12.2. The molecule has 0 saturated carbocycles. The standard InChI is InChI=1S/C22H30N2O/c1-19-6-3-4-8-21(19)18-25-22-11-9-20(10-12-22)7-5-13-24-16-14-23(2)15-17-24/h3-4,6,8-12H,5,7,13-18H2,1-2H3. The Balaban J connectivity index is 1.40. The van der Waals surface area contributed by atoms with Crippen molar-refractivity contribution in [1.82, 2.24) is 9.80 Å². The van der Waals surface area contributed by atoms with Crippen LogP contribution in [0.2, 0.25) is 0 Å². The van der Waals surface area contributed by atoms with Crippen LogP contribution in [0.25, 0.3) is 0 Å². The second-order valence-electron chi connectivity index (χ2n) is 7.11. The summed E-state index contributed by atoms with van der Waals surface area (Å²) in [5.41, 5.74) is 3.93. The fourth-order valence-corrected chi connectivity index (χ4v) is 3.26. The van der Waals surface area contributed by atoms with Gasteiger partial charge in [-0.1, -0.05) is 36.4 Å². The van der Waals surface area contributed by atoms with Crippen molar-refractivity contribution in [3.63, 3.8) is 0 Å². The minimum absolute atomic E-state index is 0.634. The number of piperazine rings is 1. The van der Waals surface area contributed by atoms with Crippen molar-refractivity contribution in [1.29, 1.82) is 0 Å². The zero-order chi connectivity index (χ0) is 17.5. The van der Waals surface area contributed by atoms with Gasteiger partial charge in [-0.2, -0.15) is 0 Å². The van der Waals surface area contributed by atoms with Crippen molar-refractivity contribution < 1.29 is 4.74 Å². The van der Waals surface area contributed by atoms with Gasteiger partial charge >= 0.3 is 0 Å². The molecule has 0 N–H and O–H groups in total. The van der Waals surface area contributed by atoms with Crippen molar-refractivity contribution >= 4 is 0 Å². The highest BCUT2D eigenvalue weighted by molar-refractivity contribution is 5.29. The van der Waals surface area contributed by atoms with Gasteiger partial charge < -0.3 is 14.5 Å². The highest BCUT2D eigenvalue weighted by Gasteiger charge is 2.12. The lowest BCUT2D eigenvalue weighted by Gasteiger charge is -2.32. The maximum atomic E-state index is 5.92. The lowest BCUT2D eigenvalue weighted by atomic mass is 10.1. The normalized spacial score (nSPS) is 16.1. The second-order valence-corrected chi connectivity index (χ2v) is 7.11. The third kappa shape index (κ3) is 5.58. The van der Waals surface area contributed by atoms with E-state index in [0.29, 0.717) is 6.61 Å². The van der Waals surface area contributed by atoms with Gasteiger partial charge in [-0.05, 0) is 62.2 Å². The van der Waals surface area contributed by atoms with Gasteiger partial charge in [0.05, 0.1) is 0 Å². The minimum atomic E-state index is 0.634. The van der Waals surface area contributed by atoms with Crippen molar-refractivity contribution in [2.24, 2.45) is 0 Å². The molecule has 25 heavy (non-hydrogen) atoms. The topological polar surface area (TPSA) is 15.7 Å². The Morgan fingerprint density at radius 3 is 2.36 bits per heavy atom. The molecule has 134 valence electrons. The molecule has 1 fully saturated rings. The highest BCUT2D eigenvalue weighted by Crippen LogP contribution is 2.16. The molecule has 0 amide bonds. The summed E-state index contributed by atoms with van der Waals surface area (Å²) in [7, 11) is 2.21. The van der Waals surface area contributed by atoms with E-state index < -0.39 is 0 Å². The lowest BCUT2D eigenvalue weighted by molar-refractivity contribution is 0.153. The van der Waals surface area contributed by atoms with Crippen LogP contribution in [-0.2, 0) is 13.0 Å². The molecule has 0 spiro atoms. The van der Waals surface area contributed by atoms with Crippen molar-refractivity contribution in [3.8, 4) is 5.75 Å². The van der Waals surface area contributed by atoms with Crippen LogP contribution in [0.5, 0.6) is 5.75 Å². The molecule has 1 aliphatic rings. The summed E-state index contributed by atoms with van der Waals surface area (Å²) in [6.07, 6.45) is 2.37. The Morgan fingerprint density at radius 1 is 0.920 bits per heavy atom. The van der Waals surface area contributed by atoms with Gasteiger partial charge in [0.2, 0.25) is 0 Å². The Kier molecular flexibility index (Phi) is 6.48. The van der Waals surface area contributed by atoms with Gasteiger partial charge in [0.1, 0.15) is 12.4 Å². The number of hydrogen-bond donors (Lipinski definition) is 0. The molecule has 2 aromatic rings. The van der Waals surface area contributed by atoms with Crippen molar-refractivity contribution in [2.75, 3.05) is 39.8 Å². The average Bonchev–Trinajstić information content (AvgIpc) is 2.64. The van der Waals surface area contributed by atoms with Crippen LogP contribution in [-0.4, -0.2) is 49.6 Å². The summed E-state index contributed by atoms with van der Waals surface area (Å²) >= 11 is 0. The molecule has 1 saturated heterocycles. The molecule has 3 heteroatoms. The van der Waals surface area contributed by atoms with Crippen LogP contribution in [0.15, 0.2) is 48.5 Å². The smallest absolute Gasteiger partial charge is 0.119 e. The molecule has 0 aromatic heterocycles. The largest absolute Gasteiger partial charge is 0.489 e. The van der Waals surface area contributed by atoms with E-state index in [0.717, 1.165) is 12.2 Å². The Bertz CT molecular complexity index is 645. The van der Waals surface area contributed by atoms with Crippen LogP contribution < -0.4 is 4.74 Å². The van der Waals surface area contributed by atoms with Crippen LogP contribution in [0, 0.1) is 6.92 Å². The Hall–Kier alpha value is -1.84. The molecule has 0 radical (unpaired) electrons. The summed E-state index contributed by atoms with van der Waals surface area (Å²) in [5.74, 6) is 0.950. The van der Waals surface area contributed by atoms with Gasteiger partial charge in [0, 0.05) is 26.2 Å². The number of aryl methyl sites for hydroxylation is 2. The van der Waals surface area contributed by atoms with E-state index in [1.54, 1.807) is 0 Å². The zero-order valence-corrected chi connectivity index (χ0v) is 15.6. The van der Waals surface area contributed by atoms with Crippen LogP contribution in [0.1, 0.15) is 23.1 Å². The number of hydrogen-bond acceptors (Lipinski definition) is 3. The first-order valence-electron chi connectivity index (χ1n) is 9.38. The van der Waals surface area contributed by atoms with Gasteiger partial charge in [-0.3, -0.25) is 0 Å². The van der Waals surface area contributed by atoms with Crippen LogP contribution in [0.3, 0.4) is 0 Å². The second kappa shape index (κ2) is 9.02. The third-order valence-electron chi connectivity index (χ3n) is 5.11. The van der Waals surface area contributed by atoms with E-state index in [2.05, 4.69) is 72.3 Å². The quantitative estimate of drug-likeness (QED) is 0.765. The number of ether oxygens (including phenoxy) is 1. The molecular formula is C22H30N2O. The van der Waals surface area contributed by atoms with Gasteiger partial charge in [-0.25, -0.2) is 0 Å². The SMILES string of the molecule is Cc1ccccc1COc1ccc(CCCN2CCN(C)CC2)cc1. The third-order valence-corrected chi connectivity index (χ3v) is 5.11. The number of likely N-dealkylation sites (N-methyl/N-ethyl adjacent to an activating group) is 1. The van der Waals surface area contributed by atoms with E-state index in [4.69, 9.17) is 4.74 Å². The minimum Gasteiger partial charge on any atom is -0.489 e. The maximum absolute atomic E-state index is 5.92. The molecule has 0 aliphatic carbocycles. The molecule has 0 unspecified atom stereocenters. The monoisotopic (exact) mass is 338 g/mol. The molecule has 0 atom stereocenters. The first kappa shape index (κ1) is 18.0. The van der Waals surface area contributed by atoms with E-state index in [-0.39, 0.29) is 0 Å². The fraction of sp³-hybridized carbons (Fsp3) is 0.455. The highest BCUT2D eigenvalue weighted by atomic mass is 16.5. The Morgan fingerprint density at radius 2 is 1.64 bits per heavy atom. The summed E-state index contributed by atoms with van der Waals surface area (Å²) in [6, 6.07) is 17.0. The predicted octanol–water partition coefficient (Wildman–Crippen LogP) is 3.75. The van der Waals surface area contributed by atoms with E-state index >= 15 is 0 Å². The predicted molar refractivity (Wildman–Crippen MR) is 104 cm³/mol.